The quantitative estimate of drug-likeness (QED) is 0.865. The lowest BCUT2D eigenvalue weighted by Crippen LogP contribution is -2.39. The zero-order valence-electron chi connectivity index (χ0n) is 14.0. The molecule has 26 heavy (non-hydrogen) atoms. The Labute approximate surface area is 161 Å². The molecule has 0 aliphatic carbocycles. The highest BCUT2D eigenvalue weighted by molar-refractivity contribution is 7.99. The fourth-order valence-corrected chi connectivity index (χ4v) is 4.69. The van der Waals surface area contributed by atoms with Crippen LogP contribution in [0.5, 0.6) is 0 Å². The van der Waals surface area contributed by atoms with Crippen LogP contribution in [0.2, 0.25) is 5.02 Å². The maximum atomic E-state index is 12.6. The van der Waals surface area contributed by atoms with Crippen LogP contribution < -0.4 is 5.32 Å². The molecule has 2 aliphatic rings. The van der Waals surface area contributed by atoms with Crippen molar-refractivity contribution in [3.05, 3.63) is 70.8 Å². The van der Waals surface area contributed by atoms with E-state index in [-0.39, 0.29) is 24.4 Å². The lowest BCUT2D eigenvalue weighted by atomic mass is 10.0. The monoisotopic (exact) mass is 384 g/mol. The summed E-state index contributed by atoms with van der Waals surface area (Å²) in [6.45, 7) is 3.94. The molecule has 1 atom stereocenters. The van der Waals surface area contributed by atoms with Gasteiger partial charge >= 0.3 is 0 Å². The van der Waals surface area contributed by atoms with Gasteiger partial charge in [0.05, 0.1) is 6.04 Å². The summed E-state index contributed by atoms with van der Waals surface area (Å²) in [7, 11) is 0. The molecule has 0 saturated carbocycles. The fourth-order valence-electron chi connectivity index (χ4n) is 3.40. The number of carbonyl (C=O) groups excluding carboxylic acids is 2. The SMILES string of the molecule is C=C1c2ccccc2C(=O)N1CC(=O)NC1CCSc2ccc(Cl)cc21. The van der Waals surface area contributed by atoms with E-state index in [1.165, 1.54) is 4.90 Å². The van der Waals surface area contributed by atoms with Crippen LogP contribution in [0.4, 0.5) is 0 Å². The number of nitrogens with zero attached hydrogens (tertiary/aromatic N) is 1. The standard InChI is InChI=1S/C20H17ClN2O2S/c1-12-14-4-2-3-5-15(14)20(25)23(12)11-19(24)22-17-8-9-26-18-7-6-13(21)10-16(17)18/h2-7,10,17H,1,8-9,11H2,(H,22,24). The summed E-state index contributed by atoms with van der Waals surface area (Å²) in [6.07, 6.45) is 0.832. The number of halogens is 1. The van der Waals surface area contributed by atoms with Crippen LogP contribution in [-0.2, 0) is 4.79 Å². The van der Waals surface area contributed by atoms with Crippen LogP contribution in [0.3, 0.4) is 0 Å². The Kier molecular flexibility index (Phi) is 4.51. The van der Waals surface area contributed by atoms with Crippen molar-refractivity contribution in [1.82, 2.24) is 10.2 Å². The van der Waals surface area contributed by atoms with Crippen LogP contribution >= 0.6 is 23.4 Å². The number of fused-ring (bicyclic) bond motifs is 2. The van der Waals surface area contributed by atoms with Crippen molar-refractivity contribution in [3.63, 3.8) is 0 Å². The van der Waals surface area contributed by atoms with Crippen molar-refractivity contribution in [2.24, 2.45) is 0 Å². The van der Waals surface area contributed by atoms with E-state index in [1.54, 1.807) is 17.8 Å². The number of thioether (sulfide) groups is 1. The first-order chi connectivity index (χ1) is 12.5. The van der Waals surface area contributed by atoms with E-state index in [2.05, 4.69) is 11.9 Å². The highest BCUT2D eigenvalue weighted by atomic mass is 35.5. The third kappa shape index (κ3) is 3.02. The van der Waals surface area contributed by atoms with E-state index in [1.807, 2.05) is 36.4 Å². The Morgan fingerprint density at radius 3 is 2.81 bits per heavy atom. The van der Waals surface area contributed by atoms with Gasteiger partial charge in [0.2, 0.25) is 5.91 Å². The minimum Gasteiger partial charge on any atom is -0.348 e. The molecule has 2 aromatic carbocycles. The van der Waals surface area contributed by atoms with Gasteiger partial charge in [0, 0.05) is 32.5 Å². The van der Waals surface area contributed by atoms with E-state index in [9.17, 15) is 9.59 Å². The molecule has 6 heteroatoms. The van der Waals surface area contributed by atoms with Crippen LogP contribution in [-0.4, -0.2) is 29.0 Å². The Hall–Kier alpha value is -2.24. The van der Waals surface area contributed by atoms with Gasteiger partial charge in [0.15, 0.2) is 0 Å². The topological polar surface area (TPSA) is 49.4 Å². The molecule has 2 aliphatic heterocycles. The Morgan fingerprint density at radius 1 is 1.27 bits per heavy atom. The smallest absolute Gasteiger partial charge is 0.259 e. The highest BCUT2D eigenvalue weighted by Gasteiger charge is 2.32. The van der Waals surface area contributed by atoms with Crippen LogP contribution in [0.1, 0.15) is 33.9 Å². The van der Waals surface area contributed by atoms with Gasteiger partial charge in [-0.15, -0.1) is 11.8 Å². The second kappa shape index (κ2) is 6.82. The predicted octanol–water partition coefficient (Wildman–Crippen LogP) is 4.12. The van der Waals surface area contributed by atoms with Crippen LogP contribution in [0.15, 0.2) is 53.9 Å². The molecule has 0 spiro atoms. The van der Waals surface area contributed by atoms with Crippen molar-refractivity contribution in [3.8, 4) is 0 Å². The number of benzene rings is 2. The number of hydrogen-bond acceptors (Lipinski definition) is 3. The van der Waals surface area contributed by atoms with Crippen molar-refractivity contribution < 1.29 is 9.59 Å². The van der Waals surface area contributed by atoms with Crippen molar-refractivity contribution in [1.29, 1.82) is 0 Å². The van der Waals surface area contributed by atoms with Gasteiger partial charge in [-0.25, -0.2) is 0 Å². The molecule has 0 fully saturated rings. The summed E-state index contributed by atoms with van der Waals surface area (Å²) >= 11 is 7.88. The molecule has 0 bridgehead atoms. The first-order valence-corrected chi connectivity index (χ1v) is 9.73. The molecule has 1 unspecified atom stereocenters. The molecule has 2 aromatic rings. The largest absolute Gasteiger partial charge is 0.348 e. The zero-order chi connectivity index (χ0) is 18.3. The molecule has 132 valence electrons. The van der Waals surface area contributed by atoms with Crippen molar-refractivity contribution in [2.45, 2.75) is 17.4 Å². The minimum atomic E-state index is -0.199. The Balaban J connectivity index is 1.49. The third-order valence-electron chi connectivity index (χ3n) is 4.69. The summed E-state index contributed by atoms with van der Waals surface area (Å²) < 4.78 is 0. The van der Waals surface area contributed by atoms with Gasteiger partial charge in [-0.2, -0.15) is 0 Å². The molecule has 4 rings (SSSR count). The molecule has 0 saturated heterocycles. The molecule has 2 amide bonds. The van der Waals surface area contributed by atoms with E-state index in [4.69, 9.17) is 11.6 Å². The molecule has 2 heterocycles. The molecule has 0 aromatic heterocycles. The van der Waals surface area contributed by atoms with Gasteiger partial charge in [-0.05, 0) is 36.2 Å². The summed E-state index contributed by atoms with van der Waals surface area (Å²) in [4.78, 5) is 27.7. The van der Waals surface area contributed by atoms with Gasteiger partial charge in [0.1, 0.15) is 6.54 Å². The Morgan fingerprint density at radius 2 is 2.04 bits per heavy atom. The fraction of sp³-hybridized carbons (Fsp3) is 0.200. The summed E-state index contributed by atoms with van der Waals surface area (Å²) in [6, 6.07) is 13.0. The van der Waals surface area contributed by atoms with Gasteiger partial charge < -0.3 is 5.32 Å². The van der Waals surface area contributed by atoms with E-state index in [0.29, 0.717) is 16.3 Å². The van der Waals surface area contributed by atoms with Crippen LogP contribution in [0, 0.1) is 0 Å². The molecule has 4 nitrogen and oxygen atoms in total. The Bertz CT molecular complexity index is 893. The van der Waals surface area contributed by atoms with Gasteiger partial charge in [0.25, 0.3) is 5.91 Å². The lowest BCUT2D eigenvalue weighted by molar-refractivity contribution is -0.122. The summed E-state index contributed by atoms with van der Waals surface area (Å²) in [5.74, 6) is 0.555. The first kappa shape index (κ1) is 17.2. The normalized spacial score (nSPS) is 18.5. The average Bonchev–Trinajstić information content (AvgIpc) is 2.87. The van der Waals surface area contributed by atoms with Crippen molar-refractivity contribution in [2.75, 3.05) is 12.3 Å². The number of carbonyl (C=O) groups is 2. The number of nitrogens with one attached hydrogen (secondary N) is 1. The van der Waals surface area contributed by atoms with E-state index < -0.39 is 0 Å². The maximum Gasteiger partial charge on any atom is 0.259 e. The highest BCUT2D eigenvalue weighted by Crippen LogP contribution is 2.37. The third-order valence-corrected chi connectivity index (χ3v) is 6.05. The second-order valence-corrected chi connectivity index (χ2v) is 7.90. The van der Waals surface area contributed by atoms with Gasteiger partial charge in [-0.1, -0.05) is 36.4 Å². The molecular weight excluding hydrogens is 368 g/mol. The van der Waals surface area contributed by atoms with Crippen molar-refractivity contribution >= 4 is 40.9 Å². The number of amides is 2. The minimum absolute atomic E-state index is 0.0358. The van der Waals surface area contributed by atoms with Gasteiger partial charge in [-0.3, -0.25) is 14.5 Å². The van der Waals surface area contributed by atoms with E-state index in [0.717, 1.165) is 28.2 Å². The molecule has 0 radical (unpaired) electrons. The van der Waals surface area contributed by atoms with E-state index >= 15 is 0 Å². The maximum absolute atomic E-state index is 12.6. The first-order valence-electron chi connectivity index (χ1n) is 8.36. The number of hydrogen-bond donors (Lipinski definition) is 1. The van der Waals surface area contributed by atoms with Crippen LogP contribution in [0.25, 0.3) is 5.70 Å². The average molecular weight is 385 g/mol. The second-order valence-electron chi connectivity index (χ2n) is 6.32. The zero-order valence-corrected chi connectivity index (χ0v) is 15.6. The molecular formula is C20H17ClN2O2S. The molecule has 1 N–H and O–H groups in total. The summed E-state index contributed by atoms with van der Waals surface area (Å²) in [5.41, 5.74) is 2.99. The lowest BCUT2D eigenvalue weighted by Gasteiger charge is -2.27. The summed E-state index contributed by atoms with van der Waals surface area (Å²) in [5, 5.41) is 3.71. The predicted molar refractivity (Wildman–Crippen MR) is 104 cm³/mol. The number of rotatable bonds is 3.